The maximum absolute atomic E-state index is 13.6. The number of benzene rings is 3. The standard InChI is InChI=1S/C30H28N4O2/c1-33(2)27-13-8-12-25(21-9-4-3-5-10-21)29(27)30(36)32-24-14-15-26-22(19-24)16-18-34(26)28(35)20-23-11-6-7-17-31-23/h3-15,17,19H,16,18,20H2,1-2H3,(H,32,36). The molecule has 0 aliphatic carbocycles. The molecule has 0 fully saturated rings. The molecule has 2 heterocycles. The van der Waals surface area contributed by atoms with Gasteiger partial charge in [0.1, 0.15) is 0 Å². The van der Waals surface area contributed by atoms with E-state index in [1.807, 2.05) is 109 Å². The highest BCUT2D eigenvalue weighted by Crippen LogP contribution is 2.34. The number of carbonyl (C=O) groups excluding carboxylic acids is 2. The van der Waals surface area contributed by atoms with E-state index >= 15 is 0 Å². The fourth-order valence-corrected chi connectivity index (χ4v) is 4.69. The summed E-state index contributed by atoms with van der Waals surface area (Å²) in [6.07, 6.45) is 2.71. The molecule has 1 N–H and O–H groups in total. The van der Waals surface area contributed by atoms with Crippen molar-refractivity contribution in [2.45, 2.75) is 12.8 Å². The molecule has 5 rings (SSSR count). The SMILES string of the molecule is CN(C)c1cccc(-c2ccccc2)c1C(=O)Nc1ccc2c(c1)CCN2C(=O)Cc1ccccn1. The number of anilines is 3. The molecule has 0 atom stereocenters. The third kappa shape index (κ3) is 4.70. The molecule has 0 saturated carbocycles. The monoisotopic (exact) mass is 476 g/mol. The van der Waals surface area contributed by atoms with Crippen LogP contribution in [0.25, 0.3) is 11.1 Å². The molecule has 3 aromatic carbocycles. The molecule has 4 aromatic rings. The number of rotatable bonds is 6. The highest BCUT2D eigenvalue weighted by Gasteiger charge is 2.26. The van der Waals surface area contributed by atoms with Gasteiger partial charge in [0.05, 0.1) is 12.0 Å². The molecule has 0 bridgehead atoms. The smallest absolute Gasteiger partial charge is 0.258 e. The van der Waals surface area contributed by atoms with Crippen molar-refractivity contribution in [1.29, 1.82) is 0 Å². The van der Waals surface area contributed by atoms with E-state index in [0.29, 0.717) is 17.8 Å². The summed E-state index contributed by atoms with van der Waals surface area (Å²) in [5.74, 6) is -0.143. The van der Waals surface area contributed by atoms with Crippen molar-refractivity contribution < 1.29 is 9.59 Å². The first-order valence-electron chi connectivity index (χ1n) is 12.0. The zero-order valence-electron chi connectivity index (χ0n) is 20.4. The van der Waals surface area contributed by atoms with Crippen LogP contribution in [-0.4, -0.2) is 37.4 Å². The molecule has 0 unspecified atom stereocenters. The molecule has 180 valence electrons. The average molecular weight is 477 g/mol. The van der Waals surface area contributed by atoms with Crippen molar-refractivity contribution in [2.75, 3.05) is 35.8 Å². The molecule has 1 aromatic heterocycles. The van der Waals surface area contributed by atoms with E-state index in [1.54, 1.807) is 6.20 Å². The minimum atomic E-state index is -0.167. The van der Waals surface area contributed by atoms with Gasteiger partial charge in [0, 0.05) is 49.6 Å². The van der Waals surface area contributed by atoms with Gasteiger partial charge in [-0.2, -0.15) is 0 Å². The fraction of sp³-hybridized carbons (Fsp3) is 0.167. The second kappa shape index (κ2) is 10.0. The van der Waals surface area contributed by atoms with Crippen LogP contribution in [0, 0.1) is 0 Å². The lowest BCUT2D eigenvalue weighted by Gasteiger charge is -2.21. The minimum Gasteiger partial charge on any atom is -0.377 e. The van der Waals surface area contributed by atoms with Gasteiger partial charge in [-0.15, -0.1) is 0 Å². The zero-order chi connectivity index (χ0) is 25.1. The van der Waals surface area contributed by atoms with Gasteiger partial charge in [-0.3, -0.25) is 14.6 Å². The Morgan fingerprint density at radius 3 is 2.50 bits per heavy atom. The van der Waals surface area contributed by atoms with Gasteiger partial charge in [-0.05, 0) is 59.5 Å². The van der Waals surface area contributed by atoms with Gasteiger partial charge in [0.15, 0.2) is 0 Å². The number of carbonyl (C=O) groups is 2. The largest absolute Gasteiger partial charge is 0.377 e. The van der Waals surface area contributed by atoms with Gasteiger partial charge >= 0.3 is 0 Å². The molecule has 6 heteroatoms. The highest BCUT2D eigenvalue weighted by molar-refractivity contribution is 6.13. The van der Waals surface area contributed by atoms with Gasteiger partial charge in [-0.25, -0.2) is 0 Å². The summed E-state index contributed by atoms with van der Waals surface area (Å²) in [5.41, 5.74) is 6.76. The normalized spacial score (nSPS) is 12.2. The summed E-state index contributed by atoms with van der Waals surface area (Å²) in [6.45, 7) is 0.625. The number of nitrogens with one attached hydrogen (secondary N) is 1. The number of pyridine rings is 1. The van der Waals surface area contributed by atoms with Crippen LogP contribution in [0.4, 0.5) is 17.1 Å². The Morgan fingerprint density at radius 2 is 1.75 bits per heavy atom. The first-order chi connectivity index (χ1) is 17.5. The fourth-order valence-electron chi connectivity index (χ4n) is 4.69. The number of fused-ring (bicyclic) bond motifs is 1. The van der Waals surface area contributed by atoms with Gasteiger partial charge in [0.25, 0.3) is 5.91 Å². The van der Waals surface area contributed by atoms with E-state index in [1.165, 1.54) is 0 Å². The number of aromatic nitrogens is 1. The van der Waals surface area contributed by atoms with Crippen LogP contribution in [0.15, 0.2) is 91.1 Å². The maximum Gasteiger partial charge on any atom is 0.258 e. The summed E-state index contributed by atoms with van der Waals surface area (Å²) >= 11 is 0. The summed E-state index contributed by atoms with van der Waals surface area (Å²) < 4.78 is 0. The molecular formula is C30H28N4O2. The first-order valence-corrected chi connectivity index (χ1v) is 12.0. The second-order valence-corrected chi connectivity index (χ2v) is 9.05. The van der Waals surface area contributed by atoms with Crippen LogP contribution in [0.2, 0.25) is 0 Å². The molecular weight excluding hydrogens is 448 g/mol. The molecule has 0 spiro atoms. The number of hydrogen-bond donors (Lipinski definition) is 1. The van der Waals surface area contributed by atoms with Crippen LogP contribution >= 0.6 is 0 Å². The zero-order valence-corrected chi connectivity index (χ0v) is 20.4. The van der Waals surface area contributed by atoms with E-state index in [0.717, 1.165) is 40.2 Å². The summed E-state index contributed by atoms with van der Waals surface area (Å²) in [7, 11) is 3.87. The molecule has 0 saturated heterocycles. The lowest BCUT2D eigenvalue weighted by molar-refractivity contribution is -0.117. The predicted molar refractivity (Wildman–Crippen MR) is 145 cm³/mol. The average Bonchev–Trinajstić information content (AvgIpc) is 3.33. The van der Waals surface area contributed by atoms with Gasteiger partial charge in [0.2, 0.25) is 5.91 Å². The number of hydrogen-bond acceptors (Lipinski definition) is 4. The highest BCUT2D eigenvalue weighted by atomic mass is 16.2. The van der Waals surface area contributed by atoms with Crippen molar-refractivity contribution >= 4 is 28.9 Å². The lowest BCUT2D eigenvalue weighted by atomic mass is 9.97. The summed E-state index contributed by atoms with van der Waals surface area (Å²) in [4.78, 5) is 34.5. The maximum atomic E-state index is 13.6. The van der Waals surface area contributed by atoms with Crippen LogP contribution in [0.1, 0.15) is 21.6 Å². The van der Waals surface area contributed by atoms with Crippen molar-refractivity contribution in [3.8, 4) is 11.1 Å². The van der Waals surface area contributed by atoms with Crippen LogP contribution in [0.3, 0.4) is 0 Å². The Morgan fingerprint density at radius 1 is 0.944 bits per heavy atom. The molecule has 1 aliphatic rings. The molecule has 36 heavy (non-hydrogen) atoms. The van der Waals surface area contributed by atoms with Crippen LogP contribution in [0.5, 0.6) is 0 Å². The van der Waals surface area contributed by atoms with Gasteiger partial charge < -0.3 is 15.1 Å². The second-order valence-electron chi connectivity index (χ2n) is 9.05. The quantitative estimate of drug-likeness (QED) is 0.416. The van der Waals surface area contributed by atoms with E-state index in [2.05, 4.69) is 10.3 Å². The van der Waals surface area contributed by atoms with Crippen LogP contribution in [-0.2, 0) is 17.6 Å². The van der Waals surface area contributed by atoms with Gasteiger partial charge in [-0.1, -0.05) is 48.5 Å². The molecule has 1 aliphatic heterocycles. The van der Waals surface area contributed by atoms with Crippen molar-refractivity contribution in [3.63, 3.8) is 0 Å². The van der Waals surface area contributed by atoms with Crippen molar-refractivity contribution in [1.82, 2.24) is 4.98 Å². The molecule has 0 radical (unpaired) electrons. The first kappa shape index (κ1) is 23.3. The Balaban J connectivity index is 1.39. The predicted octanol–water partition coefficient (Wildman–Crippen LogP) is 5.20. The Bertz CT molecular complexity index is 1400. The van der Waals surface area contributed by atoms with E-state index in [9.17, 15) is 9.59 Å². The third-order valence-electron chi connectivity index (χ3n) is 6.43. The summed E-state index contributed by atoms with van der Waals surface area (Å²) in [5, 5.41) is 3.10. The van der Waals surface area contributed by atoms with E-state index < -0.39 is 0 Å². The number of nitrogens with zero attached hydrogens (tertiary/aromatic N) is 3. The summed E-state index contributed by atoms with van der Waals surface area (Å²) in [6, 6.07) is 27.2. The molecule has 6 nitrogen and oxygen atoms in total. The van der Waals surface area contributed by atoms with Crippen molar-refractivity contribution in [2.24, 2.45) is 0 Å². The molecule has 2 amide bonds. The van der Waals surface area contributed by atoms with E-state index in [4.69, 9.17) is 0 Å². The minimum absolute atomic E-state index is 0.0247. The van der Waals surface area contributed by atoms with E-state index in [-0.39, 0.29) is 18.2 Å². The number of amides is 2. The van der Waals surface area contributed by atoms with Crippen molar-refractivity contribution in [3.05, 3.63) is 108 Å². The Kier molecular flexibility index (Phi) is 6.50. The Hall–Kier alpha value is -4.45. The topological polar surface area (TPSA) is 65.5 Å². The third-order valence-corrected chi connectivity index (χ3v) is 6.43. The lowest BCUT2D eigenvalue weighted by Crippen LogP contribution is -2.30. The Labute approximate surface area is 211 Å². The van der Waals surface area contributed by atoms with Crippen LogP contribution < -0.4 is 15.1 Å².